The molecule has 0 saturated carbocycles. The summed E-state index contributed by atoms with van der Waals surface area (Å²) < 4.78 is 4.85. The standard InChI is InChI=1S/C12H15NO2/c1-8-4-3-5-10(9(8)2)11-6-7-15-12(14)13-11/h3-5,11H,6-7H2,1-2H3,(H,13,14)/t11-/m1/s1. The van der Waals surface area contributed by atoms with Crippen LogP contribution in [0.4, 0.5) is 4.79 Å². The molecule has 0 radical (unpaired) electrons. The average Bonchev–Trinajstić information content (AvgIpc) is 2.22. The topological polar surface area (TPSA) is 38.3 Å². The van der Waals surface area contributed by atoms with E-state index in [0.717, 1.165) is 6.42 Å². The SMILES string of the molecule is Cc1cccc([C@H]2CCOC(=O)N2)c1C. The number of benzene rings is 1. The zero-order chi connectivity index (χ0) is 10.8. The third-order valence-corrected chi connectivity index (χ3v) is 2.95. The van der Waals surface area contributed by atoms with E-state index in [4.69, 9.17) is 4.74 Å². The number of amides is 1. The summed E-state index contributed by atoms with van der Waals surface area (Å²) in [6, 6.07) is 6.28. The Balaban J connectivity index is 2.28. The Bertz CT molecular complexity index is 387. The van der Waals surface area contributed by atoms with Crippen molar-refractivity contribution in [2.24, 2.45) is 0 Å². The summed E-state index contributed by atoms with van der Waals surface area (Å²) >= 11 is 0. The van der Waals surface area contributed by atoms with Crippen LogP contribution in [0.5, 0.6) is 0 Å². The van der Waals surface area contributed by atoms with E-state index in [-0.39, 0.29) is 12.1 Å². The predicted octanol–water partition coefficient (Wildman–Crippen LogP) is 2.47. The Labute approximate surface area is 89.4 Å². The third kappa shape index (κ3) is 1.96. The van der Waals surface area contributed by atoms with Gasteiger partial charge in [-0.1, -0.05) is 18.2 Å². The van der Waals surface area contributed by atoms with Crippen LogP contribution in [0.2, 0.25) is 0 Å². The van der Waals surface area contributed by atoms with E-state index in [9.17, 15) is 4.79 Å². The number of rotatable bonds is 1. The summed E-state index contributed by atoms with van der Waals surface area (Å²) in [7, 11) is 0. The van der Waals surface area contributed by atoms with Crippen molar-refractivity contribution < 1.29 is 9.53 Å². The van der Waals surface area contributed by atoms with Gasteiger partial charge in [0.2, 0.25) is 0 Å². The van der Waals surface area contributed by atoms with Crippen LogP contribution in [0.1, 0.15) is 29.2 Å². The Kier molecular flexibility index (Phi) is 2.62. The number of ether oxygens (including phenoxy) is 1. The molecular weight excluding hydrogens is 190 g/mol. The van der Waals surface area contributed by atoms with Crippen LogP contribution in [-0.4, -0.2) is 12.7 Å². The molecule has 3 heteroatoms. The molecule has 0 bridgehead atoms. The minimum Gasteiger partial charge on any atom is -0.449 e. The zero-order valence-electron chi connectivity index (χ0n) is 9.04. The van der Waals surface area contributed by atoms with Gasteiger partial charge < -0.3 is 10.1 Å². The van der Waals surface area contributed by atoms with Gasteiger partial charge >= 0.3 is 6.09 Å². The van der Waals surface area contributed by atoms with Gasteiger partial charge in [0.15, 0.2) is 0 Å². The molecule has 1 amide bonds. The minimum absolute atomic E-state index is 0.103. The van der Waals surface area contributed by atoms with Crippen molar-refractivity contribution in [1.29, 1.82) is 0 Å². The molecule has 1 fully saturated rings. The Morgan fingerprint density at radius 3 is 2.93 bits per heavy atom. The fourth-order valence-electron chi connectivity index (χ4n) is 1.91. The number of hydrogen-bond acceptors (Lipinski definition) is 2. The number of alkyl carbamates (subject to hydrolysis) is 1. The highest BCUT2D eigenvalue weighted by Gasteiger charge is 2.22. The quantitative estimate of drug-likeness (QED) is 0.764. The molecule has 0 aromatic heterocycles. The highest BCUT2D eigenvalue weighted by molar-refractivity contribution is 5.68. The normalized spacial score (nSPS) is 20.7. The molecule has 1 atom stereocenters. The molecule has 80 valence electrons. The first-order valence-corrected chi connectivity index (χ1v) is 5.18. The Morgan fingerprint density at radius 2 is 2.20 bits per heavy atom. The first-order valence-electron chi connectivity index (χ1n) is 5.18. The summed E-state index contributed by atoms with van der Waals surface area (Å²) in [6.45, 7) is 4.68. The van der Waals surface area contributed by atoms with Crippen LogP contribution in [0, 0.1) is 13.8 Å². The summed E-state index contributed by atoms with van der Waals surface area (Å²) in [6.07, 6.45) is 0.530. The second-order valence-electron chi connectivity index (χ2n) is 3.91. The molecular formula is C12H15NO2. The second-order valence-corrected chi connectivity index (χ2v) is 3.91. The molecule has 1 aromatic carbocycles. The van der Waals surface area contributed by atoms with Crippen molar-refractivity contribution in [3.05, 3.63) is 34.9 Å². The van der Waals surface area contributed by atoms with Crippen molar-refractivity contribution in [2.75, 3.05) is 6.61 Å². The van der Waals surface area contributed by atoms with Crippen LogP contribution in [0.3, 0.4) is 0 Å². The number of cyclic esters (lactones) is 1. The van der Waals surface area contributed by atoms with E-state index < -0.39 is 0 Å². The lowest BCUT2D eigenvalue weighted by Crippen LogP contribution is -2.35. The molecule has 2 rings (SSSR count). The lowest BCUT2D eigenvalue weighted by molar-refractivity contribution is 0.115. The minimum atomic E-state index is -0.313. The van der Waals surface area contributed by atoms with Crippen molar-refractivity contribution >= 4 is 6.09 Å². The molecule has 1 saturated heterocycles. The number of nitrogens with one attached hydrogen (secondary N) is 1. The van der Waals surface area contributed by atoms with Crippen molar-refractivity contribution in [3.8, 4) is 0 Å². The van der Waals surface area contributed by atoms with Crippen molar-refractivity contribution in [3.63, 3.8) is 0 Å². The number of carbonyl (C=O) groups excluding carboxylic acids is 1. The largest absolute Gasteiger partial charge is 0.449 e. The van der Waals surface area contributed by atoms with E-state index in [0.29, 0.717) is 6.61 Å². The highest BCUT2D eigenvalue weighted by Crippen LogP contribution is 2.24. The van der Waals surface area contributed by atoms with Gasteiger partial charge in [0.25, 0.3) is 0 Å². The summed E-state index contributed by atoms with van der Waals surface area (Å²) in [5.41, 5.74) is 3.71. The summed E-state index contributed by atoms with van der Waals surface area (Å²) in [4.78, 5) is 11.1. The van der Waals surface area contributed by atoms with Gasteiger partial charge in [0, 0.05) is 6.42 Å². The summed E-state index contributed by atoms with van der Waals surface area (Å²) in [5.74, 6) is 0. The molecule has 0 spiro atoms. The second kappa shape index (κ2) is 3.93. The molecule has 1 heterocycles. The first kappa shape index (κ1) is 10.0. The maximum atomic E-state index is 11.1. The lowest BCUT2D eigenvalue weighted by atomic mass is 9.95. The molecule has 1 N–H and O–H groups in total. The number of carbonyl (C=O) groups is 1. The van der Waals surface area contributed by atoms with Crippen molar-refractivity contribution in [1.82, 2.24) is 5.32 Å². The van der Waals surface area contributed by atoms with Gasteiger partial charge in [-0.15, -0.1) is 0 Å². The Morgan fingerprint density at radius 1 is 1.40 bits per heavy atom. The van der Waals surface area contributed by atoms with Gasteiger partial charge in [-0.25, -0.2) is 4.79 Å². The van der Waals surface area contributed by atoms with E-state index in [2.05, 4.69) is 31.3 Å². The monoisotopic (exact) mass is 205 g/mol. The van der Waals surface area contributed by atoms with E-state index >= 15 is 0 Å². The van der Waals surface area contributed by atoms with Crippen LogP contribution >= 0.6 is 0 Å². The molecule has 1 aliphatic heterocycles. The molecule has 3 nitrogen and oxygen atoms in total. The zero-order valence-corrected chi connectivity index (χ0v) is 9.04. The van der Waals surface area contributed by atoms with Crippen LogP contribution in [-0.2, 0) is 4.74 Å². The highest BCUT2D eigenvalue weighted by atomic mass is 16.5. The lowest BCUT2D eigenvalue weighted by Gasteiger charge is -2.25. The smallest absolute Gasteiger partial charge is 0.407 e. The maximum absolute atomic E-state index is 11.1. The Hall–Kier alpha value is -1.51. The van der Waals surface area contributed by atoms with Crippen LogP contribution < -0.4 is 5.32 Å². The first-order chi connectivity index (χ1) is 7.18. The predicted molar refractivity (Wildman–Crippen MR) is 57.8 cm³/mol. The van der Waals surface area contributed by atoms with Gasteiger partial charge in [-0.05, 0) is 30.5 Å². The average molecular weight is 205 g/mol. The molecule has 1 aromatic rings. The third-order valence-electron chi connectivity index (χ3n) is 2.95. The number of hydrogen-bond donors (Lipinski definition) is 1. The number of aryl methyl sites for hydroxylation is 1. The van der Waals surface area contributed by atoms with Crippen LogP contribution in [0.25, 0.3) is 0 Å². The van der Waals surface area contributed by atoms with E-state index in [1.165, 1.54) is 16.7 Å². The van der Waals surface area contributed by atoms with Gasteiger partial charge in [-0.3, -0.25) is 0 Å². The van der Waals surface area contributed by atoms with E-state index in [1.54, 1.807) is 0 Å². The molecule has 0 unspecified atom stereocenters. The fourth-order valence-corrected chi connectivity index (χ4v) is 1.91. The maximum Gasteiger partial charge on any atom is 0.407 e. The van der Waals surface area contributed by atoms with Gasteiger partial charge in [-0.2, -0.15) is 0 Å². The van der Waals surface area contributed by atoms with Crippen LogP contribution in [0.15, 0.2) is 18.2 Å². The van der Waals surface area contributed by atoms with Gasteiger partial charge in [0.05, 0.1) is 12.6 Å². The van der Waals surface area contributed by atoms with Crippen molar-refractivity contribution in [2.45, 2.75) is 26.3 Å². The molecule has 0 aliphatic carbocycles. The summed E-state index contributed by atoms with van der Waals surface area (Å²) in [5, 5.41) is 2.84. The van der Waals surface area contributed by atoms with Gasteiger partial charge in [0.1, 0.15) is 0 Å². The van der Waals surface area contributed by atoms with E-state index in [1.807, 2.05) is 6.07 Å². The molecule has 15 heavy (non-hydrogen) atoms. The fraction of sp³-hybridized carbons (Fsp3) is 0.417. The molecule has 1 aliphatic rings.